The first-order valence-electron chi connectivity index (χ1n) is 9.00. The number of nitrogens with zero attached hydrogens (tertiary/aromatic N) is 1. The molecule has 0 N–H and O–H groups in total. The van der Waals surface area contributed by atoms with Crippen molar-refractivity contribution in [3.63, 3.8) is 0 Å². The average Bonchev–Trinajstić information content (AvgIpc) is 2.52. The summed E-state index contributed by atoms with van der Waals surface area (Å²) in [5.41, 5.74) is 2.53. The van der Waals surface area contributed by atoms with Gasteiger partial charge in [0, 0.05) is 6.72 Å². The molecule has 2 heteroatoms. The molecule has 2 nitrogen and oxygen atoms in total. The number of hydrogen-bond acceptors (Lipinski definition) is 2. The zero-order valence-corrected chi connectivity index (χ0v) is 14.6. The number of benzene rings is 1. The smallest absolute Gasteiger partial charge is 0.161 e. The summed E-state index contributed by atoms with van der Waals surface area (Å²) in [4.78, 5) is 5.25. The molecule has 0 saturated carbocycles. The maximum Gasteiger partial charge on any atom is 0.161 e. The van der Waals surface area contributed by atoms with E-state index in [1.165, 1.54) is 75.3 Å². The largest absolute Gasteiger partial charge is 0.357 e. The molecular weight excluding hydrogens is 270 g/mol. The van der Waals surface area contributed by atoms with E-state index in [1.807, 2.05) is 6.07 Å². The highest BCUT2D eigenvalue weighted by Crippen LogP contribution is 2.23. The Hall–Kier alpha value is -1.31. The van der Waals surface area contributed by atoms with Gasteiger partial charge >= 0.3 is 0 Å². The Labute approximate surface area is 137 Å². The predicted molar refractivity (Wildman–Crippen MR) is 96.9 cm³/mol. The van der Waals surface area contributed by atoms with Crippen molar-refractivity contribution in [3.8, 4) is 5.75 Å². The maximum absolute atomic E-state index is 5.25. The van der Waals surface area contributed by atoms with E-state index in [1.54, 1.807) is 0 Å². The van der Waals surface area contributed by atoms with Gasteiger partial charge in [0.1, 0.15) is 0 Å². The average molecular weight is 303 g/mol. The SMILES string of the molecule is C=NOc1ccc(C)cc1CCCCCCCCCCCC. The zero-order valence-electron chi connectivity index (χ0n) is 14.6. The summed E-state index contributed by atoms with van der Waals surface area (Å²) in [6.45, 7) is 7.80. The van der Waals surface area contributed by atoms with Gasteiger partial charge in [-0.15, -0.1) is 0 Å². The predicted octanol–water partition coefficient (Wildman–Crippen LogP) is 6.45. The lowest BCUT2D eigenvalue weighted by Gasteiger charge is -2.08. The van der Waals surface area contributed by atoms with Crippen LogP contribution in [0.3, 0.4) is 0 Å². The van der Waals surface area contributed by atoms with Crippen molar-refractivity contribution in [2.45, 2.75) is 84.5 Å². The van der Waals surface area contributed by atoms with Gasteiger partial charge in [0.25, 0.3) is 0 Å². The molecule has 0 bridgehead atoms. The molecule has 0 saturated heterocycles. The van der Waals surface area contributed by atoms with Crippen molar-refractivity contribution < 1.29 is 4.84 Å². The summed E-state index contributed by atoms with van der Waals surface area (Å²) in [5, 5.41) is 3.55. The minimum Gasteiger partial charge on any atom is -0.357 e. The summed E-state index contributed by atoms with van der Waals surface area (Å²) in [6.07, 6.45) is 14.8. The Morgan fingerprint density at radius 2 is 1.50 bits per heavy atom. The zero-order chi connectivity index (χ0) is 16.0. The Balaban J connectivity index is 2.11. The number of hydrogen-bond donors (Lipinski definition) is 0. The lowest BCUT2D eigenvalue weighted by Crippen LogP contribution is -1.93. The van der Waals surface area contributed by atoms with E-state index in [9.17, 15) is 0 Å². The standard InChI is InChI=1S/C20H33NO/c1-4-5-6-7-8-9-10-11-12-13-14-19-17-18(2)15-16-20(19)22-21-3/h15-17H,3-14H2,1-2H3. The third kappa shape index (κ3) is 8.21. The first-order valence-corrected chi connectivity index (χ1v) is 9.00. The molecule has 22 heavy (non-hydrogen) atoms. The first-order chi connectivity index (χ1) is 10.8. The number of aryl methyl sites for hydroxylation is 2. The molecule has 0 radical (unpaired) electrons. The molecule has 1 rings (SSSR count). The summed E-state index contributed by atoms with van der Waals surface area (Å²) in [7, 11) is 0. The second-order valence-electron chi connectivity index (χ2n) is 6.26. The van der Waals surface area contributed by atoms with E-state index < -0.39 is 0 Å². The lowest BCUT2D eigenvalue weighted by atomic mass is 10.0. The van der Waals surface area contributed by atoms with E-state index in [2.05, 4.69) is 37.9 Å². The van der Waals surface area contributed by atoms with Crippen LogP contribution < -0.4 is 4.84 Å². The molecule has 0 aliphatic heterocycles. The van der Waals surface area contributed by atoms with Crippen LogP contribution >= 0.6 is 0 Å². The van der Waals surface area contributed by atoms with Gasteiger partial charge in [-0.05, 0) is 31.4 Å². The molecule has 0 aliphatic rings. The number of unbranched alkanes of at least 4 members (excludes halogenated alkanes) is 9. The fourth-order valence-corrected chi connectivity index (χ4v) is 2.87. The van der Waals surface area contributed by atoms with E-state index in [-0.39, 0.29) is 0 Å². The van der Waals surface area contributed by atoms with Crippen LogP contribution in [0.4, 0.5) is 0 Å². The lowest BCUT2D eigenvalue weighted by molar-refractivity contribution is 0.341. The third-order valence-electron chi connectivity index (χ3n) is 4.18. The van der Waals surface area contributed by atoms with Crippen LogP contribution in [0.1, 0.15) is 82.3 Å². The molecular formula is C20H33NO. The van der Waals surface area contributed by atoms with Crippen LogP contribution in [0.2, 0.25) is 0 Å². The van der Waals surface area contributed by atoms with E-state index in [4.69, 9.17) is 4.84 Å². The maximum atomic E-state index is 5.25. The number of oxime groups is 1. The summed E-state index contributed by atoms with van der Waals surface area (Å²) >= 11 is 0. The van der Waals surface area contributed by atoms with Gasteiger partial charge in [-0.2, -0.15) is 0 Å². The van der Waals surface area contributed by atoms with Crippen LogP contribution in [0, 0.1) is 6.92 Å². The molecule has 0 heterocycles. The van der Waals surface area contributed by atoms with Gasteiger partial charge in [-0.25, -0.2) is 0 Å². The highest BCUT2D eigenvalue weighted by Gasteiger charge is 2.04. The van der Waals surface area contributed by atoms with Gasteiger partial charge in [-0.1, -0.05) is 87.6 Å². The third-order valence-corrected chi connectivity index (χ3v) is 4.18. The van der Waals surface area contributed by atoms with Crippen LogP contribution in [-0.4, -0.2) is 6.72 Å². The van der Waals surface area contributed by atoms with Crippen LogP contribution in [0.25, 0.3) is 0 Å². The molecule has 0 aliphatic carbocycles. The summed E-state index contributed by atoms with van der Waals surface area (Å²) in [5.74, 6) is 0.858. The molecule has 0 atom stereocenters. The van der Waals surface area contributed by atoms with E-state index in [0.29, 0.717) is 0 Å². The van der Waals surface area contributed by atoms with Gasteiger partial charge in [0.15, 0.2) is 5.75 Å². The normalized spacial score (nSPS) is 10.6. The molecule has 0 fully saturated rings. The number of rotatable bonds is 13. The Morgan fingerprint density at radius 1 is 0.909 bits per heavy atom. The quantitative estimate of drug-likeness (QED) is 0.233. The minimum atomic E-state index is 0.858. The van der Waals surface area contributed by atoms with Crippen LogP contribution in [0.5, 0.6) is 5.75 Å². The fraction of sp³-hybridized carbons (Fsp3) is 0.650. The van der Waals surface area contributed by atoms with Crippen molar-refractivity contribution in [1.82, 2.24) is 0 Å². The Morgan fingerprint density at radius 3 is 2.09 bits per heavy atom. The molecule has 1 aromatic carbocycles. The van der Waals surface area contributed by atoms with Crippen LogP contribution in [0.15, 0.2) is 23.4 Å². The molecule has 0 aromatic heterocycles. The topological polar surface area (TPSA) is 21.6 Å². The van der Waals surface area contributed by atoms with Crippen molar-refractivity contribution in [3.05, 3.63) is 29.3 Å². The highest BCUT2D eigenvalue weighted by atomic mass is 16.6. The molecule has 124 valence electrons. The Bertz CT molecular complexity index is 414. The minimum absolute atomic E-state index is 0.858. The fourth-order valence-electron chi connectivity index (χ4n) is 2.87. The van der Waals surface area contributed by atoms with Gasteiger partial charge < -0.3 is 4.84 Å². The van der Waals surface area contributed by atoms with Crippen molar-refractivity contribution in [2.24, 2.45) is 5.16 Å². The molecule has 0 spiro atoms. The van der Waals surface area contributed by atoms with Crippen LogP contribution in [-0.2, 0) is 6.42 Å². The second kappa shape index (κ2) is 12.3. The Kier molecular flexibility index (Phi) is 10.4. The van der Waals surface area contributed by atoms with E-state index in [0.717, 1.165) is 12.2 Å². The summed E-state index contributed by atoms with van der Waals surface area (Å²) in [6, 6.07) is 6.26. The molecule has 0 unspecified atom stereocenters. The van der Waals surface area contributed by atoms with Gasteiger partial charge in [0.05, 0.1) is 0 Å². The first kappa shape index (κ1) is 18.7. The van der Waals surface area contributed by atoms with Gasteiger partial charge in [0.2, 0.25) is 0 Å². The van der Waals surface area contributed by atoms with Crippen molar-refractivity contribution >= 4 is 6.72 Å². The molecule has 0 amide bonds. The second-order valence-corrected chi connectivity index (χ2v) is 6.26. The monoisotopic (exact) mass is 303 g/mol. The van der Waals surface area contributed by atoms with Crippen molar-refractivity contribution in [2.75, 3.05) is 0 Å². The summed E-state index contributed by atoms with van der Waals surface area (Å²) < 4.78 is 0. The van der Waals surface area contributed by atoms with E-state index >= 15 is 0 Å². The van der Waals surface area contributed by atoms with Gasteiger partial charge in [-0.3, -0.25) is 0 Å². The highest BCUT2D eigenvalue weighted by molar-refractivity contribution is 5.37. The molecule has 1 aromatic rings. The van der Waals surface area contributed by atoms with Crippen molar-refractivity contribution in [1.29, 1.82) is 0 Å².